The molecule has 0 aliphatic rings. The SMILES string of the molecule is C=CC[C@@](C)(CO)CCCO/C=C/C[C@H](CC)C(=O)N(C)C(=O)c1ccccc1. The van der Waals surface area contributed by atoms with Crippen LogP contribution in [-0.4, -0.2) is 42.1 Å². The highest BCUT2D eigenvalue weighted by atomic mass is 16.5. The maximum absolute atomic E-state index is 12.7. The summed E-state index contributed by atoms with van der Waals surface area (Å²) in [4.78, 5) is 26.3. The van der Waals surface area contributed by atoms with E-state index in [9.17, 15) is 14.7 Å². The van der Waals surface area contributed by atoms with E-state index in [0.29, 0.717) is 25.0 Å². The van der Waals surface area contributed by atoms with Crippen molar-refractivity contribution in [3.8, 4) is 0 Å². The number of hydrogen-bond donors (Lipinski definition) is 1. The molecule has 1 aromatic carbocycles. The van der Waals surface area contributed by atoms with E-state index in [1.165, 1.54) is 11.9 Å². The molecule has 29 heavy (non-hydrogen) atoms. The Morgan fingerprint density at radius 1 is 1.31 bits per heavy atom. The number of carbonyl (C=O) groups excluding carboxylic acids is 2. The zero-order chi connectivity index (χ0) is 21.7. The number of hydrogen-bond acceptors (Lipinski definition) is 4. The predicted molar refractivity (Wildman–Crippen MR) is 116 cm³/mol. The van der Waals surface area contributed by atoms with Crippen LogP contribution in [0.5, 0.6) is 0 Å². The molecule has 0 aromatic heterocycles. The van der Waals surface area contributed by atoms with Crippen molar-refractivity contribution in [2.45, 2.75) is 46.0 Å². The number of allylic oxidation sites excluding steroid dienone is 2. The van der Waals surface area contributed by atoms with E-state index < -0.39 is 0 Å². The van der Waals surface area contributed by atoms with Gasteiger partial charge in [0.05, 0.1) is 12.9 Å². The Morgan fingerprint density at radius 2 is 2.00 bits per heavy atom. The number of rotatable bonds is 13. The first-order valence-corrected chi connectivity index (χ1v) is 10.2. The maximum atomic E-state index is 12.7. The number of aliphatic hydroxyl groups is 1. The van der Waals surface area contributed by atoms with Crippen LogP contribution in [-0.2, 0) is 9.53 Å². The molecule has 1 N–H and O–H groups in total. The first kappa shape index (κ1) is 24.6. The molecule has 1 aromatic rings. The van der Waals surface area contributed by atoms with Crippen molar-refractivity contribution in [1.82, 2.24) is 4.90 Å². The van der Waals surface area contributed by atoms with E-state index in [2.05, 4.69) is 6.58 Å². The average molecular weight is 402 g/mol. The van der Waals surface area contributed by atoms with Crippen LogP contribution in [0.15, 0.2) is 55.3 Å². The van der Waals surface area contributed by atoms with E-state index in [1.54, 1.807) is 30.5 Å². The monoisotopic (exact) mass is 401 g/mol. The molecule has 0 unspecified atom stereocenters. The van der Waals surface area contributed by atoms with Crippen molar-refractivity contribution in [2.24, 2.45) is 11.3 Å². The summed E-state index contributed by atoms with van der Waals surface area (Å²) in [6.07, 6.45) is 8.91. The highest BCUT2D eigenvalue weighted by molar-refractivity contribution is 6.05. The summed E-state index contributed by atoms with van der Waals surface area (Å²) in [5.41, 5.74) is 0.355. The van der Waals surface area contributed by atoms with Crippen LogP contribution in [0.2, 0.25) is 0 Å². The van der Waals surface area contributed by atoms with Crippen LogP contribution in [0, 0.1) is 11.3 Å². The fourth-order valence-electron chi connectivity index (χ4n) is 3.12. The number of nitrogens with zero attached hydrogens (tertiary/aromatic N) is 1. The van der Waals surface area contributed by atoms with Crippen LogP contribution in [0.3, 0.4) is 0 Å². The molecular weight excluding hydrogens is 366 g/mol. The summed E-state index contributed by atoms with van der Waals surface area (Å²) in [6.45, 7) is 8.40. The third kappa shape index (κ3) is 8.24. The molecule has 160 valence electrons. The predicted octanol–water partition coefficient (Wildman–Crippen LogP) is 4.59. The first-order chi connectivity index (χ1) is 13.9. The molecule has 1 rings (SSSR count). The third-order valence-electron chi connectivity index (χ3n) is 5.17. The molecule has 0 aliphatic carbocycles. The maximum Gasteiger partial charge on any atom is 0.260 e. The Labute approximate surface area is 175 Å². The Hall–Kier alpha value is -2.40. The van der Waals surface area contributed by atoms with Crippen LogP contribution in [0.1, 0.15) is 56.3 Å². The summed E-state index contributed by atoms with van der Waals surface area (Å²) in [5, 5.41) is 9.49. The van der Waals surface area contributed by atoms with Gasteiger partial charge in [0.25, 0.3) is 5.91 Å². The van der Waals surface area contributed by atoms with Gasteiger partial charge in [0.15, 0.2) is 0 Å². The molecule has 5 nitrogen and oxygen atoms in total. The second kappa shape index (κ2) is 12.9. The molecule has 0 fully saturated rings. The van der Waals surface area contributed by atoms with Crippen molar-refractivity contribution < 1.29 is 19.4 Å². The quantitative estimate of drug-likeness (QED) is 0.298. The minimum Gasteiger partial charge on any atom is -0.502 e. The Kier molecular flexibility index (Phi) is 11.0. The first-order valence-electron chi connectivity index (χ1n) is 10.2. The molecule has 0 saturated heterocycles. The van der Waals surface area contributed by atoms with Crippen LogP contribution in [0.4, 0.5) is 0 Å². The lowest BCUT2D eigenvalue weighted by Crippen LogP contribution is -2.37. The van der Waals surface area contributed by atoms with Gasteiger partial charge in [-0.25, -0.2) is 0 Å². The second-order valence-corrected chi connectivity index (χ2v) is 7.72. The van der Waals surface area contributed by atoms with Crippen molar-refractivity contribution in [3.63, 3.8) is 0 Å². The van der Waals surface area contributed by atoms with Crippen LogP contribution in [0.25, 0.3) is 0 Å². The van der Waals surface area contributed by atoms with Gasteiger partial charge in [-0.2, -0.15) is 0 Å². The van der Waals surface area contributed by atoms with E-state index in [4.69, 9.17) is 4.74 Å². The minimum atomic E-state index is -0.291. The average Bonchev–Trinajstić information content (AvgIpc) is 2.75. The topological polar surface area (TPSA) is 66.8 Å². The minimum absolute atomic E-state index is 0.129. The fraction of sp³-hybridized carbons (Fsp3) is 0.500. The Balaban J connectivity index is 2.43. The Bertz CT molecular complexity index is 671. The molecule has 0 bridgehead atoms. The molecule has 0 aliphatic heterocycles. The number of benzene rings is 1. The summed E-state index contributed by atoms with van der Waals surface area (Å²) in [5.74, 6) is -0.743. The molecule has 0 spiro atoms. The zero-order valence-electron chi connectivity index (χ0n) is 18.0. The number of imide groups is 1. The highest BCUT2D eigenvalue weighted by Crippen LogP contribution is 2.27. The lowest BCUT2D eigenvalue weighted by molar-refractivity contribution is -0.131. The standard InChI is InChI=1S/C24H35NO4/c1-5-15-24(3,19-26)16-11-18-29-17-10-14-20(6-2)22(27)25(4)23(28)21-12-8-7-9-13-21/h5,7-10,12-13,17,20,26H,1,6,11,14-16,18-19H2,2-4H3/b17-10+/t20-,24+/m0/s1. The molecule has 0 radical (unpaired) electrons. The number of carbonyl (C=O) groups is 2. The van der Waals surface area contributed by atoms with Crippen LogP contribution < -0.4 is 0 Å². The van der Waals surface area contributed by atoms with Gasteiger partial charge >= 0.3 is 0 Å². The number of amides is 2. The van der Waals surface area contributed by atoms with Gasteiger partial charge in [-0.1, -0.05) is 38.1 Å². The second-order valence-electron chi connectivity index (χ2n) is 7.72. The fourth-order valence-corrected chi connectivity index (χ4v) is 3.12. The van der Waals surface area contributed by atoms with Gasteiger partial charge in [0, 0.05) is 25.1 Å². The van der Waals surface area contributed by atoms with E-state index in [1.807, 2.05) is 32.1 Å². The van der Waals surface area contributed by atoms with E-state index >= 15 is 0 Å². The van der Waals surface area contributed by atoms with E-state index in [0.717, 1.165) is 19.3 Å². The lowest BCUT2D eigenvalue weighted by Gasteiger charge is -2.25. The summed E-state index contributed by atoms with van der Waals surface area (Å²) in [7, 11) is 1.53. The third-order valence-corrected chi connectivity index (χ3v) is 5.17. The normalized spacial score (nSPS) is 14.2. The summed E-state index contributed by atoms with van der Waals surface area (Å²) in [6, 6.07) is 8.81. The Morgan fingerprint density at radius 3 is 2.59 bits per heavy atom. The van der Waals surface area contributed by atoms with Gasteiger partial charge in [0.2, 0.25) is 5.91 Å². The van der Waals surface area contributed by atoms with Crippen molar-refractivity contribution >= 4 is 11.8 Å². The summed E-state index contributed by atoms with van der Waals surface area (Å²) < 4.78 is 5.52. The molecule has 5 heteroatoms. The van der Waals surface area contributed by atoms with Gasteiger partial charge in [0.1, 0.15) is 0 Å². The molecule has 0 heterocycles. The largest absolute Gasteiger partial charge is 0.502 e. The molecule has 2 atom stereocenters. The number of aliphatic hydroxyl groups excluding tert-OH is 1. The summed E-state index contributed by atoms with van der Waals surface area (Å²) >= 11 is 0. The number of ether oxygens (including phenoxy) is 1. The zero-order valence-corrected chi connectivity index (χ0v) is 18.0. The van der Waals surface area contributed by atoms with Gasteiger partial charge in [-0.15, -0.1) is 6.58 Å². The molecule has 2 amide bonds. The van der Waals surface area contributed by atoms with Gasteiger partial charge in [-0.05, 0) is 55.7 Å². The van der Waals surface area contributed by atoms with Gasteiger partial charge in [-0.3, -0.25) is 14.5 Å². The van der Waals surface area contributed by atoms with Crippen molar-refractivity contribution in [2.75, 3.05) is 20.3 Å². The lowest BCUT2D eigenvalue weighted by atomic mass is 9.83. The van der Waals surface area contributed by atoms with Crippen LogP contribution >= 0.6 is 0 Å². The van der Waals surface area contributed by atoms with Crippen molar-refractivity contribution in [1.29, 1.82) is 0 Å². The highest BCUT2D eigenvalue weighted by Gasteiger charge is 2.24. The van der Waals surface area contributed by atoms with Crippen molar-refractivity contribution in [3.05, 3.63) is 60.9 Å². The van der Waals surface area contributed by atoms with E-state index in [-0.39, 0.29) is 29.8 Å². The smallest absolute Gasteiger partial charge is 0.260 e. The molecular formula is C24H35NO4. The molecule has 0 saturated carbocycles. The van der Waals surface area contributed by atoms with Gasteiger partial charge < -0.3 is 9.84 Å².